The Hall–Kier alpha value is -3.55. The molecule has 1 aliphatic rings. The van der Waals surface area contributed by atoms with Crippen molar-refractivity contribution in [3.05, 3.63) is 72.2 Å². The molecule has 1 amide bonds. The third-order valence-electron chi connectivity index (χ3n) is 4.86. The summed E-state index contributed by atoms with van der Waals surface area (Å²) in [5.74, 6) is 1.33. The number of aromatic nitrogens is 4. The lowest BCUT2D eigenvalue weighted by molar-refractivity contribution is 0.0948. The van der Waals surface area contributed by atoms with Crippen molar-refractivity contribution < 1.29 is 4.79 Å². The highest BCUT2D eigenvalue weighted by molar-refractivity contribution is 5.92. The molecule has 2 aromatic heterocycles. The van der Waals surface area contributed by atoms with Crippen molar-refractivity contribution in [1.82, 2.24) is 25.5 Å². The third kappa shape index (κ3) is 4.84. The lowest BCUT2D eigenvalue weighted by Gasteiger charge is -2.35. The van der Waals surface area contributed by atoms with Crippen LogP contribution in [-0.4, -0.2) is 58.8 Å². The summed E-state index contributed by atoms with van der Waals surface area (Å²) in [6.07, 6.45) is 4.29. The Kier molecular flexibility index (Phi) is 5.89. The molecule has 0 atom stereocenters. The number of benzene rings is 1. The van der Waals surface area contributed by atoms with E-state index in [0.717, 1.165) is 44.4 Å². The zero-order chi connectivity index (χ0) is 19.9. The molecule has 8 heteroatoms. The summed E-state index contributed by atoms with van der Waals surface area (Å²) in [6, 6.07) is 15.5. The van der Waals surface area contributed by atoms with Gasteiger partial charge in [-0.2, -0.15) is 0 Å². The van der Waals surface area contributed by atoms with E-state index in [0.29, 0.717) is 12.2 Å². The first kappa shape index (κ1) is 18.8. The molecule has 1 saturated heterocycles. The van der Waals surface area contributed by atoms with Gasteiger partial charge in [-0.05, 0) is 30.2 Å². The fourth-order valence-corrected chi connectivity index (χ4v) is 3.26. The molecule has 1 N–H and O–H groups in total. The largest absolute Gasteiger partial charge is 0.352 e. The van der Waals surface area contributed by atoms with Crippen molar-refractivity contribution >= 4 is 17.7 Å². The first-order chi connectivity index (χ1) is 14.3. The molecular weight excluding hydrogens is 366 g/mol. The van der Waals surface area contributed by atoms with Gasteiger partial charge >= 0.3 is 0 Å². The van der Waals surface area contributed by atoms with E-state index >= 15 is 0 Å². The number of piperazine rings is 1. The normalized spacial score (nSPS) is 13.9. The molecule has 0 spiro atoms. The summed E-state index contributed by atoms with van der Waals surface area (Å²) in [5, 5.41) is 11.3. The van der Waals surface area contributed by atoms with Crippen LogP contribution in [0.5, 0.6) is 0 Å². The summed E-state index contributed by atoms with van der Waals surface area (Å²) >= 11 is 0. The third-order valence-corrected chi connectivity index (χ3v) is 4.86. The topological polar surface area (TPSA) is 87.1 Å². The van der Waals surface area contributed by atoms with Gasteiger partial charge in [-0.15, -0.1) is 10.2 Å². The van der Waals surface area contributed by atoms with Gasteiger partial charge in [0.15, 0.2) is 11.5 Å². The molecule has 0 bridgehead atoms. The van der Waals surface area contributed by atoms with Crippen molar-refractivity contribution in [3.8, 4) is 0 Å². The van der Waals surface area contributed by atoms with Crippen LogP contribution in [0.15, 0.2) is 60.9 Å². The number of anilines is 2. The van der Waals surface area contributed by atoms with Crippen molar-refractivity contribution in [2.24, 2.45) is 0 Å². The standard InChI is InChI=1S/C21H23N7O/c29-20(22-12-9-17-5-2-1-3-6-17)18-7-8-19(26-25-18)27-13-15-28(16-14-27)21-23-10-4-11-24-21/h1-8,10-11H,9,12-16H2,(H,22,29). The van der Waals surface area contributed by atoms with Crippen molar-refractivity contribution in [3.63, 3.8) is 0 Å². The quantitative estimate of drug-likeness (QED) is 0.685. The highest BCUT2D eigenvalue weighted by atomic mass is 16.1. The van der Waals surface area contributed by atoms with Crippen LogP contribution in [0.4, 0.5) is 11.8 Å². The van der Waals surface area contributed by atoms with Crippen molar-refractivity contribution in [2.75, 3.05) is 42.5 Å². The van der Waals surface area contributed by atoms with Crippen LogP contribution in [0, 0.1) is 0 Å². The second kappa shape index (κ2) is 9.09. The number of hydrogen-bond donors (Lipinski definition) is 1. The Labute approximate surface area is 169 Å². The molecule has 0 aliphatic carbocycles. The number of rotatable bonds is 6. The maximum Gasteiger partial charge on any atom is 0.271 e. The average Bonchev–Trinajstić information content (AvgIpc) is 2.80. The lowest BCUT2D eigenvalue weighted by Crippen LogP contribution is -2.47. The van der Waals surface area contributed by atoms with Gasteiger partial charge in [0.2, 0.25) is 5.95 Å². The van der Waals surface area contributed by atoms with Crippen LogP contribution < -0.4 is 15.1 Å². The number of nitrogens with zero attached hydrogens (tertiary/aromatic N) is 6. The van der Waals surface area contributed by atoms with Gasteiger partial charge in [0.1, 0.15) is 0 Å². The highest BCUT2D eigenvalue weighted by Crippen LogP contribution is 2.15. The predicted molar refractivity (Wildman–Crippen MR) is 111 cm³/mol. The van der Waals surface area contributed by atoms with Crippen molar-refractivity contribution in [1.29, 1.82) is 0 Å². The summed E-state index contributed by atoms with van der Waals surface area (Å²) in [4.78, 5) is 25.2. The molecule has 0 radical (unpaired) electrons. The minimum Gasteiger partial charge on any atom is -0.352 e. The maximum absolute atomic E-state index is 12.3. The number of carbonyl (C=O) groups excluding carboxylic acids is 1. The minimum atomic E-state index is -0.203. The van der Waals surface area contributed by atoms with E-state index in [1.165, 1.54) is 5.56 Å². The first-order valence-corrected chi connectivity index (χ1v) is 9.72. The van der Waals surface area contributed by atoms with E-state index in [1.54, 1.807) is 18.5 Å². The van der Waals surface area contributed by atoms with Crippen molar-refractivity contribution in [2.45, 2.75) is 6.42 Å². The predicted octanol–water partition coefficient (Wildman–Crippen LogP) is 1.57. The summed E-state index contributed by atoms with van der Waals surface area (Å²) < 4.78 is 0. The Bertz CT molecular complexity index is 911. The van der Waals surface area contributed by atoms with E-state index in [1.807, 2.05) is 42.5 Å². The van der Waals surface area contributed by atoms with Gasteiger partial charge in [0.25, 0.3) is 5.91 Å². The minimum absolute atomic E-state index is 0.203. The molecule has 8 nitrogen and oxygen atoms in total. The zero-order valence-electron chi connectivity index (χ0n) is 16.1. The molecule has 1 aliphatic heterocycles. The second-order valence-corrected chi connectivity index (χ2v) is 6.79. The Morgan fingerprint density at radius 1 is 0.862 bits per heavy atom. The molecule has 29 heavy (non-hydrogen) atoms. The first-order valence-electron chi connectivity index (χ1n) is 9.72. The smallest absolute Gasteiger partial charge is 0.271 e. The molecular formula is C21H23N7O. The summed E-state index contributed by atoms with van der Waals surface area (Å²) in [6.45, 7) is 3.79. The maximum atomic E-state index is 12.3. The number of hydrogen-bond acceptors (Lipinski definition) is 7. The fourth-order valence-electron chi connectivity index (χ4n) is 3.26. The van der Waals surface area contributed by atoms with E-state index in [-0.39, 0.29) is 5.91 Å². The van der Waals surface area contributed by atoms with Crippen LogP contribution in [-0.2, 0) is 6.42 Å². The zero-order valence-corrected chi connectivity index (χ0v) is 16.1. The van der Waals surface area contributed by atoms with E-state index < -0.39 is 0 Å². The number of amides is 1. The molecule has 1 aromatic carbocycles. The summed E-state index contributed by atoms with van der Waals surface area (Å²) in [7, 11) is 0. The van der Waals surface area contributed by atoms with E-state index in [2.05, 4.69) is 35.3 Å². The van der Waals surface area contributed by atoms with Gasteiger partial charge in [0.05, 0.1) is 0 Å². The van der Waals surface area contributed by atoms with E-state index in [4.69, 9.17) is 0 Å². The van der Waals surface area contributed by atoms with Gasteiger partial charge in [-0.3, -0.25) is 4.79 Å². The van der Waals surface area contributed by atoms with Crippen LogP contribution >= 0.6 is 0 Å². The van der Waals surface area contributed by atoms with Gasteiger partial charge in [0, 0.05) is 45.1 Å². The molecule has 3 aromatic rings. The Balaban J connectivity index is 1.27. The molecule has 3 heterocycles. The fraction of sp³-hybridized carbons (Fsp3) is 0.286. The van der Waals surface area contributed by atoms with Crippen LogP contribution in [0.1, 0.15) is 16.1 Å². The molecule has 1 fully saturated rings. The Morgan fingerprint density at radius 2 is 1.59 bits per heavy atom. The van der Waals surface area contributed by atoms with E-state index in [9.17, 15) is 4.79 Å². The molecule has 148 valence electrons. The summed E-state index contributed by atoms with van der Waals surface area (Å²) in [5.41, 5.74) is 1.52. The van der Waals surface area contributed by atoms with Crippen LogP contribution in [0.2, 0.25) is 0 Å². The lowest BCUT2D eigenvalue weighted by atomic mass is 10.1. The van der Waals surface area contributed by atoms with Crippen LogP contribution in [0.25, 0.3) is 0 Å². The molecule has 0 saturated carbocycles. The van der Waals surface area contributed by atoms with Gasteiger partial charge < -0.3 is 15.1 Å². The SMILES string of the molecule is O=C(NCCc1ccccc1)c1ccc(N2CCN(c3ncccn3)CC2)nn1. The Morgan fingerprint density at radius 3 is 2.28 bits per heavy atom. The monoisotopic (exact) mass is 389 g/mol. The van der Waals surface area contributed by atoms with Gasteiger partial charge in [-0.25, -0.2) is 9.97 Å². The number of carbonyl (C=O) groups is 1. The number of nitrogens with one attached hydrogen (secondary N) is 1. The molecule has 0 unspecified atom stereocenters. The highest BCUT2D eigenvalue weighted by Gasteiger charge is 2.20. The second-order valence-electron chi connectivity index (χ2n) is 6.79. The average molecular weight is 389 g/mol. The van der Waals surface area contributed by atoms with Gasteiger partial charge in [-0.1, -0.05) is 30.3 Å². The molecule has 4 rings (SSSR count). The van der Waals surface area contributed by atoms with Crippen LogP contribution in [0.3, 0.4) is 0 Å².